The molecule has 0 rings (SSSR count). The molecule has 0 aliphatic carbocycles. The maximum Gasteiger partial charge on any atom is 0.183 e. The normalized spacial score (nSPS) is 8.20. The highest BCUT2D eigenvalue weighted by Gasteiger charge is 2.03. The summed E-state index contributed by atoms with van der Waals surface area (Å²) in [6.45, 7) is 0.361. The summed E-state index contributed by atoms with van der Waals surface area (Å²) in [6, 6.07) is 1.95. The molecule has 0 aromatic carbocycles. The summed E-state index contributed by atoms with van der Waals surface area (Å²) < 4.78 is 0.233. The Morgan fingerprint density at radius 2 is 1.90 bits per heavy atom. The van der Waals surface area contributed by atoms with E-state index >= 15 is 0 Å². The molecule has 0 aromatic heterocycles. The van der Waals surface area contributed by atoms with Crippen molar-refractivity contribution in [3.63, 3.8) is 0 Å². The van der Waals surface area contributed by atoms with E-state index in [1.807, 2.05) is 6.07 Å². The molecule has 0 unspecified atom stereocenters. The Kier molecular flexibility index (Phi) is 6.73. The Bertz CT molecular complexity index is 142. The zero-order valence-corrected chi connectivity index (χ0v) is 6.02. The molecule has 6 heteroatoms. The van der Waals surface area contributed by atoms with Gasteiger partial charge < -0.3 is 11.1 Å². The van der Waals surface area contributed by atoms with E-state index in [9.17, 15) is 0 Å². The minimum absolute atomic E-state index is 0.233. The molecule has 0 radical (unpaired) electrons. The van der Waals surface area contributed by atoms with Gasteiger partial charge in [-0.15, -0.1) is 0 Å². The molecular weight excluding hydrogens is 132 g/mol. The topological polar surface area (TPSA) is 109 Å². The monoisotopic (exact) mass is 142 g/mol. The second-order valence-electron chi connectivity index (χ2n) is 2.18. The van der Waals surface area contributed by atoms with Crippen LogP contribution in [0, 0.1) is 11.3 Å². The predicted molar refractivity (Wildman–Crippen MR) is 36.9 cm³/mol. The molecule has 0 spiro atoms. The summed E-state index contributed by atoms with van der Waals surface area (Å²) in [5.74, 6) is 5.36. The molecule has 0 saturated heterocycles. The van der Waals surface area contributed by atoms with Gasteiger partial charge in [0.05, 0.1) is 14.1 Å². The first-order chi connectivity index (χ1) is 4.47. The Morgan fingerprint density at radius 1 is 1.60 bits per heavy atom. The van der Waals surface area contributed by atoms with Crippen LogP contribution < -0.4 is 5.84 Å². The van der Waals surface area contributed by atoms with Gasteiger partial charge in [-0.1, -0.05) is 0 Å². The van der Waals surface area contributed by atoms with Crippen molar-refractivity contribution in [2.45, 2.75) is 0 Å². The number of nitrogens with zero attached hydrogens (tertiary/aromatic N) is 5. The average Bonchev–Trinajstić information content (AvgIpc) is 1.63. The van der Waals surface area contributed by atoms with Crippen LogP contribution in [0.4, 0.5) is 0 Å². The lowest BCUT2D eigenvalue weighted by molar-refractivity contribution is -0.895. The van der Waals surface area contributed by atoms with Gasteiger partial charge in [-0.3, -0.25) is 4.91 Å². The van der Waals surface area contributed by atoms with Gasteiger partial charge in [0.25, 0.3) is 0 Å². The van der Waals surface area contributed by atoms with Crippen molar-refractivity contribution < 1.29 is 4.59 Å². The number of quaternary nitrogens is 1. The fourth-order valence-electron chi connectivity index (χ4n) is 0.182. The number of nitriles is 1. The predicted octanol–water partition coefficient (Wildman–Crippen LogP) is 0.326. The van der Waals surface area contributed by atoms with E-state index in [4.69, 9.17) is 22.2 Å². The van der Waals surface area contributed by atoms with Gasteiger partial charge in [-0.25, -0.2) is 4.59 Å². The van der Waals surface area contributed by atoms with Crippen LogP contribution >= 0.6 is 0 Å². The van der Waals surface area contributed by atoms with Gasteiger partial charge in [0.2, 0.25) is 0 Å². The van der Waals surface area contributed by atoms with Gasteiger partial charge in [-0.2, -0.15) is 11.1 Å². The van der Waals surface area contributed by atoms with Crippen molar-refractivity contribution in [3.8, 4) is 6.07 Å². The fourth-order valence-corrected chi connectivity index (χ4v) is 0.182. The second kappa shape index (κ2) is 5.85. The van der Waals surface area contributed by atoms with Crippen LogP contribution in [0.2, 0.25) is 0 Å². The Morgan fingerprint density at radius 3 is 1.90 bits per heavy atom. The van der Waals surface area contributed by atoms with Crippen molar-refractivity contribution in [2.75, 3.05) is 20.6 Å². The molecule has 56 valence electrons. The third-order valence-corrected chi connectivity index (χ3v) is 0.478. The summed E-state index contributed by atoms with van der Waals surface area (Å²) in [4.78, 5) is 1.50. The van der Waals surface area contributed by atoms with E-state index in [2.05, 4.69) is 0 Å². The molecule has 6 nitrogen and oxygen atoms in total. The molecule has 0 aliphatic rings. The van der Waals surface area contributed by atoms with E-state index < -0.39 is 0 Å². The molecule has 0 aromatic rings. The quantitative estimate of drug-likeness (QED) is 0.108. The molecule has 0 bridgehead atoms. The summed E-state index contributed by atoms with van der Waals surface area (Å²) in [5.41, 5.74) is 13.5. The van der Waals surface area contributed by atoms with Crippen molar-refractivity contribution in [3.05, 3.63) is 16.0 Å². The van der Waals surface area contributed by atoms with Crippen molar-refractivity contribution >= 4 is 0 Å². The van der Waals surface area contributed by atoms with Crippen LogP contribution in [0.5, 0.6) is 0 Å². The van der Waals surface area contributed by atoms with E-state index in [0.29, 0.717) is 6.54 Å². The lowest BCUT2D eigenvalue weighted by atomic mass is 10.6. The van der Waals surface area contributed by atoms with Crippen LogP contribution in [0.3, 0.4) is 0 Å². The molecule has 2 N–H and O–H groups in total. The van der Waals surface area contributed by atoms with E-state index in [0.717, 1.165) is 0 Å². The van der Waals surface area contributed by atoms with Gasteiger partial charge in [0, 0.05) is 0 Å². The third-order valence-electron chi connectivity index (χ3n) is 0.478. The van der Waals surface area contributed by atoms with Crippen molar-refractivity contribution in [1.29, 1.82) is 5.26 Å². The lowest BCUT2D eigenvalue weighted by Crippen LogP contribution is -2.46. The third kappa shape index (κ3) is 29.7. The Balaban J connectivity index is 0. The zero-order valence-electron chi connectivity index (χ0n) is 6.02. The first-order valence-corrected chi connectivity index (χ1v) is 2.45. The number of nitrogens with two attached hydrogens (primary N) is 1. The maximum absolute atomic E-state index is 8.06. The summed E-state index contributed by atoms with van der Waals surface area (Å²) >= 11 is 0. The molecule has 0 atom stereocenters. The number of hydrogen-bond acceptors (Lipinski definition) is 2. The fraction of sp³-hybridized carbons (Fsp3) is 0.750. The van der Waals surface area contributed by atoms with Gasteiger partial charge in [0.1, 0.15) is 6.07 Å². The van der Waals surface area contributed by atoms with E-state index in [1.54, 1.807) is 14.1 Å². The molecular formula is C4H10N6. The second-order valence-corrected chi connectivity index (χ2v) is 2.18. The van der Waals surface area contributed by atoms with Crippen LogP contribution in [0.1, 0.15) is 0 Å². The highest BCUT2D eigenvalue weighted by atomic mass is 15.5. The largest absolute Gasteiger partial charge is 0.373 e. The van der Waals surface area contributed by atoms with Crippen LogP contribution in [0.25, 0.3) is 16.0 Å². The highest BCUT2D eigenvalue weighted by molar-refractivity contribution is 4.65. The van der Waals surface area contributed by atoms with E-state index in [1.165, 1.54) is 4.91 Å². The van der Waals surface area contributed by atoms with Crippen molar-refractivity contribution in [2.24, 2.45) is 5.84 Å². The summed E-state index contributed by atoms with van der Waals surface area (Å²) in [6.07, 6.45) is 0. The highest BCUT2D eigenvalue weighted by Crippen LogP contribution is 1.78. The Hall–Kier alpha value is -1.28. The molecule has 0 heterocycles. The minimum Gasteiger partial charge on any atom is -0.373 e. The standard InChI is InChI=1S/C4H10N3.N3/c1-7(2,6)4-3-5;1-3-2/h4,6H2,1-2H3;/q+1;-1. The maximum atomic E-state index is 8.06. The minimum atomic E-state index is 0.233. The molecule has 0 saturated carbocycles. The molecule has 10 heavy (non-hydrogen) atoms. The average molecular weight is 142 g/mol. The molecule has 0 aliphatic heterocycles. The summed E-state index contributed by atoms with van der Waals surface area (Å²) in [5, 5.41) is 8.06. The van der Waals surface area contributed by atoms with Gasteiger partial charge in [0.15, 0.2) is 6.54 Å². The number of hydrogen-bond donors (Lipinski definition) is 1. The summed E-state index contributed by atoms with van der Waals surface area (Å²) in [7, 11) is 3.53. The SMILES string of the molecule is C[N+](C)(N)CC#N.[N-]=[N+]=[N-]. The number of rotatable bonds is 1. The molecule has 0 fully saturated rings. The lowest BCUT2D eigenvalue weighted by Gasteiger charge is -2.16. The van der Waals surface area contributed by atoms with Crippen LogP contribution in [0.15, 0.2) is 0 Å². The Labute approximate surface area is 59.4 Å². The van der Waals surface area contributed by atoms with Gasteiger partial charge in [-0.05, 0) is 0 Å². The van der Waals surface area contributed by atoms with Crippen LogP contribution in [-0.4, -0.2) is 25.2 Å². The van der Waals surface area contributed by atoms with Crippen LogP contribution in [-0.2, 0) is 0 Å². The zero-order chi connectivity index (χ0) is 8.62. The van der Waals surface area contributed by atoms with Crippen molar-refractivity contribution in [1.82, 2.24) is 0 Å². The first kappa shape index (κ1) is 11.5. The van der Waals surface area contributed by atoms with Gasteiger partial charge >= 0.3 is 0 Å². The molecule has 0 amide bonds. The van der Waals surface area contributed by atoms with E-state index in [-0.39, 0.29) is 4.59 Å². The smallest absolute Gasteiger partial charge is 0.183 e. The first-order valence-electron chi connectivity index (χ1n) is 2.45.